The second kappa shape index (κ2) is 17.8. The molecule has 0 fully saturated rings. The molecule has 1 heterocycles. The molecule has 0 aliphatic rings. The second-order valence-electron chi connectivity index (χ2n) is 10.4. The predicted octanol–water partition coefficient (Wildman–Crippen LogP) is 5.37. The van der Waals surface area contributed by atoms with Gasteiger partial charge in [-0.2, -0.15) is 0 Å². The Morgan fingerprint density at radius 3 is 2.09 bits per heavy atom. The summed E-state index contributed by atoms with van der Waals surface area (Å²) < 4.78 is 37.9. The van der Waals surface area contributed by atoms with Crippen molar-refractivity contribution in [3.8, 4) is 5.75 Å². The van der Waals surface area contributed by atoms with Gasteiger partial charge in [-0.3, -0.25) is 19.4 Å². The van der Waals surface area contributed by atoms with Crippen LogP contribution in [0.3, 0.4) is 0 Å². The van der Waals surface area contributed by atoms with Crippen LogP contribution in [0.25, 0.3) is 0 Å². The van der Waals surface area contributed by atoms with Crippen molar-refractivity contribution in [2.45, 2.75) is 76.2 Å². The molecule has 0 unspecified atom stereocenters. The van der Waals surface area contributed by atoms with E-state index in [1.54, 1.807) is 7.11 Å². The monoisotopic (exact) mass is 623 g/mol. The average molecular weight is 624 g/mol. The number of aromatic nitrogens is 1. The number of esters is 1. The number of rotatable bonds is 18. The highest BCUT2D eigenvalue weighted by molar-refractivity contribution is 7.90. The minimum Gasteiger partial charge on any atom is -0.497 e. The van der Waals surface area contributed by atoms with E-state index < -0.39 is 15.9 Å². The first-order valence-electron chi connectivity index (χ1n) is 14.9. The van der Waals surface area contributed by atoms with Crippen molar-refractivity contribution in [2.24, 2.45) is 0 Å². The number of unbranched alkanes of at least 4 members (excludes halogenated alkanes) is 6. The highest BCUT2D eigenvalue weighted by atomic mass is 32.2. The fraction of sp³-hybridized carbons (Fsp3) is 0.394. The van der Waals surface area contributed by atoms with Crippen LogP contribution in [0.5, 0.6) is 5.75 Å². The van der Waals surface area contributed by atoms with E-state index in [4.69, 9.17) is 9.47 Å². The lowest BCUT2D eigenvalue weighted by atomic mass is 10.1. The van der Waals surface area contributed by atoms with Gasteiger partial charge in [-0.05, 0) is 66.9 Å². The van der Waals surface area contributed by atoms with E-state index in [-0.39, 0.29) is 34.5 Å². The summed E-state index contributed by atoms with van der Waals surface area (Å²) in [6.07, 6.45) is 9.96. The molecule has 0 aliphatic carbocycles. The van der Waals surface area contributed by atoms with Crippen LogP contribution < -0.4 is 14.8 Å². The van der Waals surface area contributed by atoms with Crippen LogP contribution in [-0.4, -0.2) is 44.8 Å². The number of amides is 2. The molecule has 11 heteroatoms. The summed E-state index contributed by atoms with van der Waals surface area (Å²) in [5.74, 6) is -0.756. The maximum absolute atomic E-state index is 12.8. The normalized spacial score (nSPS) is 11.0. The Morgan fingerprint density at radius 1 is 0.795 bits per heavy atom. The third-order valence-electron chi connectivity index (χ3n) is 6.96. The second-order valence-corrected chi connectivity index (χ2v) is 12.1. The first kappa shape index (κ1) is 34.2. The SMILES string of the molecule is CCCCCCCCCC(=O)OCc1ccc(C(=O)NS(=O)(=O)c2ccc(C(=O)NCCc3ccc(OC)cc3)cc2)cn1. The molecule has 236 valence electrons. The standard InChI is InChI=1S/C33H41N3O7S/c1-3-4-5-6-7-8-9-10-31(37)43-24-28-16-13-27(23-35-28)33(39)36-44(40,41)30-19-14-26(15-20-30)32(38)34-22-21-25-11-17-29(42-2)18-12-25/h11-20,23H,3-10,21-22,24H2,1-2H3,(H,34,38)(H,36,39). The molecule has 0 saturated carbocycles. The van der Waals surface area contributed by atoms with E-state index in [2.05, 4.69) is 17.2 Å². The molecule has 0 spiro atoms. The highest BCUT2D eigenvalue weighted by Crippen LogP contribution is 2.14. The van der Waals surface area contributed by atoms with E-state index in [0.717, 1.165) is 30.6 Å². The Balaban J connectivity index is 1.42. The van der Waals surface area contributed by atoms with Crippen LogP contribution in [-0.2, 0) is 32.6 Å². The number of carbonyl (C=O) groups excluding carboxylic acids is 3. The van der Waals surface area contributed by atoms with Crippen LogP contribution in [0.15, 0.2) is 71.8 Å². The molecule has 2 aromatic carbocycles. The maximum Gasteiger partial charge on any atom is 0.306 e. The van der Waals surface area contributed by atoms with E-state index in [9.17, 15) is 22.8 Å². The summed E-state index contributed by atoms with van der Waals surface area (Å²) >= 11 is 0. The molecular weight excluding hydrogens is 582 g/mol. The maximum atomic E-state index is 12.8. The number of benzene rings is 2. The Kier molecular flexibility index (Phi) is 13.8. The molecule has 3 aromatic rings. The predicted molar refractivity (Wildman–Crippen MR) is 167 cm³/mol. The van der Waals surface area contributed by atoms with Gasteiger partial charge in [-0.15, -0.1) is 0 Å². The van der Waals surface area contributed by atoms with Crippen molar-refractivity contribution in [2.75, 3.05) is 13.7 Å². The zero-order valence-corrected chi connectivity index (χ0v) is 26.2. The number of ether oxygens (including phenoxy) is 2. The lowest BCUT2D eigenvalue weighted by Crippen LogP contribution is -2.31. The third kappa shape index (κ3) is 11.4. The van der Waals surface area contributed by atoms with E-state index in [1.165, 1.54) is 68.3 Å². The van der Waals surface area contributed by atoms with Crippen LogP contribution in [0.2, 0.25) is 0 Å². The topological polar surface area (TPSA) is 141 Å². The molecule has 44 heavy (non-hydrogen) atoms. The van der Waals surface area contributed by atoms with Crippen molar-refractivity contribution in [3.63, 3.8) is 0 Å². The summed E-state index contributed by atoms with van der Waals surface area (Å²) in [6.45, 7) is 2.55. The third-order valence-corrected chi connectivity index (χ3v) is 8.31. The van der Waals surface area contributed by atoms with Gasteiger partial charge in [0, 0.05) is 24.7 Å². The van der Waals surface area contributed by atoms with Gasteiger partial charge in [0.2, 0.25) is 0 Å². The Labute approximate surface area is 259 Å². The van der Waals surface area contributed by atoms with Gasteiger partial charge in [0.15, 0.2) is 0 Å². The Bertz CT molecular complexity index is 1460. The van der Waals surface area contributed by atoms with Gasteiger partial charge in [0.05, 0.1) is 23.3 Å². The van der Waals surface area contributed by atoms with E-state index >= 15 is 0 Å². The molecule has 1 aromatic heterocycles. The van der Waals surface area contributed by atoms with Gasteiger partial charge in [-0.1, -0.05) is 57.6 Å². The molecule has 0 atom stereocenters. The Morgan fingerprint density at radius 2 is 1.45 bits per heavy atom. The highest BCUT2D eigenvalue weighted by Gasteiger charge is 2.20. The molecule has 2 amide bonds. The molecule has 0 radical (unpaired) electrons. The number of hydrogen-bond acceptors (Lipinski definition) is 8. The summed E-state index contributed by atoms with van der Waals surface area (Å²) in [6, 6.07) is 15.7. The Hall–Kier alpha value is -4.25. The van der Waals surface area contributed by atoms with Crippen molar-refractivity contribution >= 4 is 27.8 Å². The first-order valence-corrected chi connectivity index (χ1v) is 16.4. The van der Waals surface area contributed by atoms with E-state index in [1.807, 2.05) is 29.0 Å². The average Bonchev–Trinajstić information content (AvgIpc) is 3.03. The van der Waals surface area contributed by atoms with Gasteiger partial charge < -0.3 is 14.8 Å². The van der Waals surface area contributed by atoms with Gasteiger partial charge in [-0.25, -0.2) is 13.1 Å². The fourth-order valence-corrected chi connectivity index (χ4v) is 5.31. The van der Waals surface area contributed by atoms with Gasteiger partial charge >= 0.3 is 5.97 Å². The number of pyridine rings is 1. The molecule has 10 nitrogen and oxygen atoms in total. The molecule has 3 rings (SSSR count). The summed E-state index contributed by atoms with van der Waals surface area (Å²) in [4.78, 5) is 41.0. The number of methoxy groups -OCH3 is 1. The van der Waals surface area contributed by atoms with Crippen molar-refractivity contribution < 1.29 is 32.3 Å². The van der Waals surface area contributed by atoms with Crippen molar-refractivity contribution in [3.05, 3.63) is 89.2 Å². The summed E-state index contributed by atoms with van der Waals surface area (Å²) in [7, 11) is -2.60. The van der Waals surface area contributed by atoms with Crippen molar-refractivity contribution in [1.29, 1.82) is 0 Å². The lowest BCUT2D eigenvalue weighted by molar-refractivity contribution is -0.145. The fourth-order valence-electron chi connectivity index (χ4n) is 4.34. The van der Waals surface area contributed by atoms with E-state index in [0.29, 0.717) is 25.1 Å². The van der Waals surface area contributed by atoms with Crippen LogP contribution >= 0.6 is 0 Å². The van der Waals surface area contributed by atoms with Crippen LogP contribution in [0.4, 0.5) is 0 Å². The van der Waals surface area contributed by atoms with Crippen LogP contribution in [0, 0.1) is 0 Å². The number of nitrogens with one attached hydrogen (secondary N) is 2. The lowest BCUT2D eigenvalue weighted by Gasteiger charge is -2.09. The molecule has 0 bridgehead atoms. The van der Waals surface area contributed by atoms with Crippen molar-refractivity contribution in [1.82, 2.24) is 15.0 Å². The number of nitrogens with zero attached hydrogens (tertiary/aromatic N) is 1. The number of hydrogen-bond donors (Lipinski definition) is 2. The van der Waals surface area contributed by atoms with Gasteiger partial charge in [0.1, 0.15) is 12.4 Å². The zero-order chi connectivity index (χ0) is 31.8. The number of sulfonamides is 1. The zero-order valence-electron chi connectivity index (χ0n) is 25.3. The first-order chi connectivity index (χ1) is 21.2. The molecule has 2 N–H and O–H groups in total. The summed E-state index contributed by atoms with van der Waals surface area (Å²) in [5, 5.41) is 2.80. The minimum atomic E-state index is -4.20. The molecule has 0 aliphatic heterocycles. The largest absolute Gasteiger partial charge is 0.497 e. The summed E-state index contributed by atoms with van der Waals surface area (Å²) in [5.41, 5.74) is 1.79. The quantitative estimate of drug-likeness (QED) is 0.142. The minimum absolute atomic E-state index is 0.0274. The van der Waals surface area contributed by atoms with Crippen LogP contribution in [0.1, 0.15) is 90.3 Å². The molecular formula is C33H41N3O7S. The molecule has 0 saturated heterocycles. The van der Waals surface area contributed by atoms with Gasteiger partial charge in [0.25, 0.3) is 21.8 Å². The number of carbonyl (C=O) groups is 3. The smallest absolute Gasteiger partial charge is 0.306 e.